The van der Waals surface area contributed by atoms with Gasteiger partial charge >= 0.3 is 6.18 Å². The zero-order valence-electron chi connectivity index (χ0n) is 14.9. The van der Waals surface area contributed by atoms with E-state index in [1.807, 2.05) is 6.92 Å². The van der Waals surface area contributed by atoms with Crippen LogP contribution in [-0.4, -0.2) is 29.3 Å². The molecule has 0 amide bonds. The minimum atomic E-state index is -4.57. The molecule has 0 spiro atoms. The number of halogens is 4. The lowest BCUT2D eigenvalue weighted by atomic mass is 10.2. The van der Waals surface area contributed by atoms with Gasteiger partial charge in [0.1, 0.15) is 5.75 Å². The lowest BCUT2D eigenvalue weighted by Crippen LogP contribution is -2.25. The van der Waals surface area contributed by atoms with Gasteiger partial charge in [-0.3, -0.25) is 0 Å². The molecule has 0 aliphatic carbocycles. The van der Waals surface area contributed by atoms with E-state index in [1.54, 1.807) is 31.3 Å². The number of aliphatic imine (C=N–C) groups is 1. The van der Waals surface area contributed by atoms with Crippen molar-refractivity contribution in [1.82, 2.24) is 9.88 Å². The maximum Gasteiger partial charge on any atom is 0.417 e. The molecule has 0 bridgehead atoms. The smallest absolute Gasteiger partial charge is 0.417 e. The monoisotopic (exact) mass is 395 g/mol. The van der Waals surface area contributed by atoms with Crippen molar-refractivity contribution in [2.24, 2.45) is 4.99 Å². The Morgan fingerprint density at radius 2 is 2.07 bits per heavy atom. The van der Waals surface area contributed by atoms with Crippen LogP contribution in [0.25, 0.3) is 0 Å². The minimum absolute atomic E-state index is 0.0162. The van der Waals surface area contributed by atoms with Gasteiger partial charge in [-0.25, -0.2) is 9.98 Å². The molecule has 1 aromatic carbocycles. The van der Waals surface area contributed by atoms with Gasteiger partial charge < -0.3 is 9.64 Å². The summed E-state index contributed by atoms with van der Waals surface area (Å²) in [6.45, 7) is 3.64. The summed E-state index contributed by atoms with van der Waals surface area (Å²) in [6, 6.07) is 4.78. The molecule has 1 heterocycles. The topological polar surface area (TPSA) is 37.7 Å². The van der Waals surface area contributed by atoms with Crippen LogP contribution in [0.4, 0.5) is 18.9 Å². The first-order valence-corrected chi connectivity index (χ1v) is 8.23. The summed E-state index contributed by atoms with van der Waals surface area (Å²) in [5, 5.41) is -0.394. The van der Waals surface area contributed by atoms with Crippen molar-refractivity contribution in [3.63, 3.8) is 0 Å². The van der Waals surface area contributed by atoms with Crippen LogP contribution in [-0.2, 0) is 6.18 Å². The standard InChI is InChI=1S/C19H17ClF3N3O/c1-5-13(3)26(4)11-25-17-10-24-18(8-12(17)2)27-14-6-7-16(20)15(9-14)19(21,22)23/h1,6-11,13H,2-4H3/b25-11+. The molecule has 1 aromatic heterocycles. The Hall–Kier alpha value is -2.72. The number of aryl methyl sites for hydroxylation is 1. The third-order valence-corrected chi connectivity index (χ3v) is 4.08. The molecular weight excluding hydrogens is 379 g/mol. The van der Waals surface area contributed by atoms with E-state index in [4.69, 9.17) is 22.8 Å². The van der Waals surface area contributed by atoms with E-state index in [-0.39, 0.29) is 17.7 Å². The summed E-state index contributed by atoms with van der Waals surface area (Å²) in [4.78, 5) is 10.1. The Kier molecular flexibility index (Phi) is 6.34. The van der Waals surface area contributed by atoms with Gasteiger partial charge in [0, 0.05) is 13.1 Å². The molecule has 0 saturated heterocycles. The van der Waals surface area contributed by atoms with E-state index in [1.165, 1.54) is 12.3 Å². The third kappa shape index (κ3) is 5.38. The lowest BCUT2D eigenvalue weighted by molar-refractivity contribution is -0.137. The summed E-state index contributed by atoms with van der Waals surface area (Å²) in [5.74, 6) is 2.71. The molecule has 1 atom stereocenters. The maximum atomic E-state index is 12.9. The lowest BCUT2D eigenvalue weighted by Gasteiger charge is -2.16. The molecule has 0 aliphatic heterocycles. The Labute approximate surface area is 160 Å². The highest BCUT2D eigenvalue weighted by molar-refractivity contribution is 6.31. The average molecular weight is 396 g/mol. The van der Waals surface area contributed by atoms with Crippen molar-refractivity contribution in [2.75, 3.05) is 7.05 Å². The zero-order chi connectivity index (χ0) is 20.2. The zero-order valence-corrected chi connectivity index (χ0v) is 15.6. The second-order valence-corrected chi connectivity index (χ2v) is 6.21. The molecule has 0 fully saturated rings. The maximum absolute atomic E-state index is 12.9. The quantitative estimate of drug-likeness (QED) is 0.383. The van der Waals surface area contributed by atoms with Gasteiger partial charge in [0.05, 0.1) is 34.9 Å². The largest absolute Gasteiger partial charge is 0.439 e. The van der Waals surface area contributed by atoms with Gasteiger partial charge in [0.15, 0.2) is 0 Å². The highest BCUT2D eigenvalue weighted by Gasteiger charge is 2.33. The molecule has 142 valence electrons. The summed E-state index contributed by atoms with van der Waals surface area (Å²) in [7, 11) is 1.80. The highest BCUT2D eigenvalue weighted by Crippen LogP contribution is 2.37. The van der Waals surface area contributed by atoms with Crippen molar-refractivity contribution in [2.45, 2.75) is 26.1 Å². The number of benzene rings is 1. The number of hydrogen-bond donors (Lipinski definition) is 0. The summed E-state index contributed by atoms with van der Waals surface area (Å²) >= 11 is 5.60. The van der Waals surface area contributed by atoms with Crippen LogP contribution >= 0.6 is 11.6 Å². The van der Waals surface area contributed by atoms with E-state index in [9.17, 15) is 13.2 Å². The molecule has 0 saturated carbocycles. The van der Waals surface area contributed by atoms with E-state index in [2.05, 4.69) is 15.9 Å². The number of hydrogen-bond acceptors (Lipinski definition) is 3. The molecular formula is C19H17ClF3N3O. The first-order chi connectivity index (χ1) is 12.6. The number of ether oxygens (including phenoxy) is 1. The van der Waals surface area contributed by atoms with Gasteiger partial charge in [-0.1, -0.05) is 17.5 Å². The van der Waals surface area contributed by atoms with Crippen LogP contribution in [0.2, 0.25) is 5.02 Å². The molecule has 8 heteroatoms. The van der Waals surface area contributed by atoms with Crippen LogP contribution in [0.3, 0.4) is 0 Å². The van der Waals surface area contributed by atoms with Gasteiger partial charge in [-0.2, -0.15) is 13.2 Å². The fraction of sp³-hybridized carbons (Fsp3) is 0.263. The Morgan fingerprint density at radius 3 is 2.67 bits per heavy atom. The van der Waals surface area contributed by atoms with Gasteiger partial charge in [0.25, 0.3) is 0 Å². The van der Waals surface area contributed by atoms with Crippen molar-refractivity contribution in [1.29, 1.82) is 0 Å². The molecule has 27 heavy (non-hydrogen) atoms. The van der Waals surface area contributed by atoms with Crippen LogP contribution in [0, 0.1) is 19.3 Å². The first-order valence-electron chi connectivity index (χ1n) is 7.85. The SMILES string of the molecule is C#CC(C)N(C)/C=N/c1cnc(Oc2ccc(Cl)c(C(F)(F)F)c2)cc1C. The summed E-state index contributed by atoms with van der Waals surface area (Å²) < 4.78 is 44.2. The average Bonchev–Trinajstić information content (AvgIpc) is 2.60. The molecule has 2 rings (SSSR count). The van der Waals surface area contributed by atoms with Crippen LogP contribution in [0.15, 0.2) is 35.5 Å². The predicted molar refractivity (Wildman–Crippen MR) is 99.7 cm³/mol. The summed E-state index contributed by atoms with van der Waals surface area (Å²) in [5.41, 5.74) is 0.360. The molecule has 0 N–H and O–H groups in total. The summed E-state index contributed by atoms with van der Waals surface area (Å²) in [6.07, 6.45) is 3.84. The molecule has 0 radical (unpaired) electrons. The van der Waals surface area contributed by atoms with Crippen molar-refractivity contribution in [3.05, 3.63) is 46.6 Å². The number of pyridine rings is 1. The van der Waals surface area contributed by atoms with Crippen LogP contribution < -0.4 is 4.74 Å². The number of alkyl halides is 3. The van der Waals surface area contributed by atoms with Crippen LogP contribution in [0.5, 0.6) is 11.6 Å². The van der Waals surface area contributed by atoms with Crippen molar-refractivity contribution < 1.29 is 17.9 Å². The third-order valence-electron chi connectivity index (χ3n) is 3.75. The number of nitrogens with zero attached hydrogens (tertiary/aromatic N) is 3. The van der Waals surface area contributed by atoms with Crippen LogP contribution in [0.1, 0.15) is 18.1 Å². The number of rotatable bonds is 5. The fourth-order valence-corrected chi connectivity index (χ4v) is 2.22. The minimum Gasteiger partial charge on any atom is -0.439 e. The van der Waals surface area contributed by atoms with Gasteiger partial charge in [-0.05, 0) is 37.6 Å². The second kappa shape index (κ2) is 8.31. The van der Waals surface area contributed by atoms with E-state index < -0.39 is 16.8 Å². The first kappa shape index (κ1) is 20.6. The van der Waals surface area contributed by atoms with E-state index in [0.717, 1.165) is 17.7 Å². The Bertz CT molecular complexity index is 891. The predicted octanol–water partition coefficient (Wildman–Crippen LogP) is 5.47. The normalized spacial score (nSPS) is 12.7. The van der Waals surface area contributed by atoms with E-state index in [0.29, 0.717) is 5.69 Å². The molecule has 2 aromatic rings. The van der Waals surface area contributed by atoms with Gasteiger partial charge in [0.2, 0.25) is 5.88 Å². The Balaban J connectivity index is 2.19. The Morgan fingerprint density at radius 1 is 1.37 bits per heavy atom. The molecule has 4 nitrogen and oxygen atoms in total. The van der Waals surface area contributed by atoms with E-state index >= 15 is 0 Å². The molecule has 1 unspecified atom stereocenters. The number of aromatic nitrogens is 1. The second-order valence-electron chi connectivity index (χ2n) is 5.80. The molecule has 0 aliphatic rings. The highest BCUT2D eigenvalue weighted by atomic mass is 35.5. The van der Waals surface area contributed by atoms with Gasteiger partial charge in [-0.15, -0.1) is 6.42 Å². The fourth-order valence-electron chi connectivity index (χ4n) is 1.99. The number of terminal acetylenes is 1. The van der Waals surface area contributed by atoms with Crippen molar-refractivity contribution >= 4 is 23.6 Å². The van der Waals surface area contributed by atoms with Crippen molar-refractivity contribution in [3.8, 4) is 24.0 Å².